The zero-order valence-electron chi connectivity index (χ0n) is 11.9. The van der Waals surface area contributed by atoms with Gasteiger partial charge in [-0.05, 0) is 32.0 Å². The lowest BCUT2D eigenvalue weighted by Gasteiger charge is -2.44. The molecule has 1 saturated heterocycles. The zero-order valence-corrected chi connectivity index (χ0v) is 11.9. The number of aliphatic hydroxyl groups is 1. The third-order valence-electron chi connectivity index (χ3n) is 3.97. The maximum atomic E-state index is 11.9. The lowest BCUT2D eigenvalue weighted by Crippen LogP contribution is -2.53. The van der Waals surface area contributed by atoms with Gasteiger partial charge in [0.2, 0.25) is 0 Å². The van der Waals surface area contributed by atoms with Gasteiger partial charge in [-0.2, -0.15) is 5.26 Å². The first-order valence-electron chi connectivity index (χ1n) is 6.78. The standard InChI is InChI=1S/C15H16N2O4/c1-15(2)13(18)12(17-5-6-20-14(17)19)10-7-9(8-16)3-4-11(10)21-15/h3-4,7,12-13,18H,5-6H2,1-2H3. The first-order chi connectivity index (χ1) is 9.94. The fourth-order valence-electron chi connectivity index (χ4n) is 2.83. The zero-order chi connectivity index (χ0) is 15.2. The van der Waals surface area contributed by atoms with Crippen LogP contribution in [0, 0.1) is 11.3 Å². The van der Waals surface area contributed by atoms with Crippen LogP contribution >= 0.6 is 0 Å². The van der Waals surface area contributed by atoms with Crippen molar-refractivity contribution in [2.75, 3.05) is 13.2 Å². The molecule has 1 aromatic carbocycles. The van der Waals surface area contributed by atoms with Gasteiger partial charge < -0.3 is 14.6 Å². The molecule has 2 aliphatic rings. The molecule has 6 heteroatoms. The number of carbonyl (C=O) groups excluding carboxylic acids is 1. The summed E-state index contributed by atoms with van der Waals surface area (Å²) in [7, 11) is 0. The molecular formula is C15H16N2O4. The monoisotopic (exact) mass is 288 g/mol. The molecule has 0 aromatic heterocycles. The molecule has 1 N–H and O–H groups in total. The molecule has 0 saturated carbocycles. The number of rotatable bonds is 1. The highest BCUT2D eigenvalue weighted by atomic mass is 16.6. The van der Waals surface area contributed by atoms with Crippen molar-refractivity contribution in [1.29, 1.82) is 5.26 Å². The highest BCUT2D eigenvalue weighted by Gasteiger charge is 2.48. The molecular weight excluding hydrogens is 272 g/mol. The summed E-state index contributed by atoms with van der Waals surface area (Å²) in [6.07, 6.45) is -1.37. The van der Waals surface area contributed by atoms with E-state index in [-0.39, 0.29) is 0 Å². The van der Waals surface area contributed by atoms with E-state index in [4.69, 9.17) is 14.7 Å². The van der Waals surface area contributed by atoms with Gasteiger partial charge in [0.05, 0.1) is 24.2 Å². The van der Waals surface area contributed by atoms with Crippen LogP contribution in [-0.2, 0) is 4.74 Å². The van der Waals surface area contributed by atoms with E-state index in [0.717, 1.165) is 0 Å². The molecule has 0 aliphatic carbocycles. The maximum absolute atomic E-state index is 11.9. The molecule has 1 amide bonds. The first kappa shape index (κ1) is 13.7. The van der Waals surface area contributed by atoms with E-state index in [2.05, 4.69) is 6.07 Å². The summed E-state index contributed by atoms with van der Waals surface area (Å²) in [5.41, 5.74) is 0.260. The van der Waals surface area contributed by atoms with Gasteiger partial charge in [0.1, 0.15) is 24.1 Å². The minimum atomic E-state index is -0.912. The predicted molar refractivity (Wildman–Crippen MR) is 72.7 cm³/mol. The first-order valence-corrected chi connectivity index (χ1v) is 6.78. The van der Waals surface area contributed by atoms with E-state index in [1.807, 2.05) is 0 Å². The van der Waals surface area contributed by atoms with Gasteiger partial charge in [-0.3, -0.25) is 4.90 Å². The van der Waals surface area contributed by atoms with Crippen molar-refractivity contribution in [3.63, 3.8) is 0 Å². The molecule has 0 spiro atoms. The average Bonchev–Trinajstić information content (AvgIpc) is 2.86. The number of hydrogen-bond acceptors (Lipinski definition) is 5. The van der Waals surface area contributed by atoms with Crippen LogP contribution in [0.15, 0.2) is 18.2 Å². The number of hydrogen-bond donors (Lipinski definition) is 1. The van der Waals surface area contributed by atoms with Gasteiger partial charge >= 0.3 is 6.09 Å². The summed E-state index contributed by atoms with van der Waals surface area (Å²) in [6, 6.07) is 6.51. The minimum absolute atomic E-state index is 0.302. The van der Waals surface area contributed by atoms with Crippen molar-refractivity contribution in [3.05, 3.63) is 29.3 Å². The van der Waals surface area contributed by atoms with Crippen molar-refractivity contribution >= 4 is 6.09 Å². The second-order valence-electron chi connectivity index (χ2n) is 5.77. The molecule has 1 aromatic rings. The molecule has 1 fully saturated rings. The van der Waals surface area contributed by atoms with Crippen LogP contribution in [0.2, 0.25) is 0 Å². The SMILES string of the molecule is CC1(C)Oc2ccc(C#N)cc2C(N2CCOC2=O)C1O. The Bertz CT molecular complexity index is 635. The third kappa shape index (κ3) is 2.10. The molecule has 2 heterocycles. The molecule has 110 valence electrons. The van der Waals surface area contributed by atoms with Crippen LogP contribution in [0.5, 0.6) is 5.75 Å². The molecule has 2 atom stereocenters. The van der Waals surface area contributed by atoms with Crippen LogP contribution in [0.25, 0.3) is 0 Å². The van der Waals surface area contributed by atoms with Crippen molar-refractivity contribution in [1.82, 2.24) is 4.90 Å². The Morgan fingerprint density at radius 3 is 2.86 bits per heavy atom. The Kier molecular flexibility index (Phi) is 3.03. The van der Waals surface area contributed by atoms with Crippen molar-refractivity contribution in [3.8, 4) is 11.8 Å². The quantitative estimate of drug-likeness (QED) is 0.848. The number of benzene rings is 1. The largest absolute Gasteiger partial charge is 0.485 e. The van der Waals surface area contributed by atoms with Gasteiger partial charge in [-0.1, -0.05) is 0 Å². The van der Waals surface area contributed by atoms with Crippen molar-refractivity contribution in [2.45, 2.75) is 31.6 Å². The molecule has 21 heavy (non-hydrogen) atoms. The van der Waals surface area contributed by atoms with Gasteiger partial charge in [0.25, 0.3) is 0 Å². The molecule has 2 unspecified atom stereocenters. The number of ether oxygens (including phenoxy) is 2. The number of nitriles is 1. The summed E-state index contributed by atoms with van der Waals surface area (Å²) < 4.78 is 10.8. The van der Waals surface area contributed by atoms with Crippen molar-refractivity contribution < 1.29 is 19.4 Å². The lowest BCUT2D eigenvalue weighted by molar-refractivity contribution is -0.0830. The summed E-state index contributed by atoms with van der Waals surface area (Å²) >= 11 is 0. The van der Waals surface area contributed by atoms with E-state index in [1.165, 1.54) is 4.90 Å². The molecule has 3 rings (SSSR count). The molecule has 2 aliphatic heterocycles. The van der Waals surface area contributed by atoms with E-state index in [9.17, 15) is 9.90 Å². The predicted octanol–water partition coefficient (Wildman–Crippen LogP) is 1.58. The van der Waals surface area contributed by atoms with Gasteiger partial charge in [-0.15, -0.1) is 0 Å². The second-order valence-corrected chi connectivity index (χ2v) is 5.77. The number of nitrogens with zero attached hydrogens (tertiary/aromatic N) is 2. The summed E-state index contributed by atoms with van der Waals surface area (Å²) in [5.74, 6) is 0.578. The van der Waals surface area contributed by atoms with E-state index < -0.39 is 23.8 Å². The number of aliphatic hydroxyl groups excluding tert-OH is 1. The Balaban J connectivity index is 2.12. The van der Waals surface area contributed by atoms with Gasteiger partial charge in [-0.25, -0.2) is 4.79 Å². The molecule has 0 radical (unpaired) electrons. The average molecular weight is 288 g/mol. The minimum Gasteiger partial charge on any atom is -0.485 e. The van der Waals surface area contributed by atoms with E-state index in [0.29, 0.717) is 30.0 Å². The topological polar surface area (TPSA) is 82.8 Å². The van der Waals surface area contributed by atoms with Gasteiger partial charge in [0.15, 0.2) is 0 Å². The van der Waals surface area contributed by atoms with Crippen LogP contribution in [0.3, 0.4) is 0 Å². The second kappa shape index (κ2) is 4.64. The summed E-state index contributed by atoms with van der Waals surface area (Å²) in [4.78, 5) is 13.4. The fraction of sp³-hybridized carbons (Fsp3) is 0.467. The number of carbonyl (C=O) groups is 1. The highest BCUT2D eigenvalue weighted by molar-refractivity contribution is 5.70. The third-order valence-corrected chi connectivity index (χ3v) is 3.97. The van der Waals surface area contributed by atoms with Gasteiger partial charge in [0, 0.05) is 5.56 Å². The summed E-state index contributed by atoms with van der Waals surface area (Å²) in [5, 5.41) is 19.7. The van der Waals surface area contributed by atoms with Crippen LogP contribution in [0.1, 0.15) is 31.0 Å². The molecule has 6 nitrogen and oxygen atoms in total. The Morgan fingerprint density at radius 2 is 2.24 bits per heavy atom. The Morgan fingerprint density at radius 1 is 1.48 bits per heavy atom. The maximum Gasteiger partial charge on any atom is 0.410 e. The van der Waals surface area contributed by atoms with Crippen LogP contribution in [0.4, 0.5) is 4.79 Å². The number of cyclic esters (lactones) is 1. The van der Waals surface area contributed by atoms with E-state index >= 15 is 0 Å². The number of amides is 1. The van der Waals surface area contributed by atoms with E-state index in [1.54, 1.807) is 32.0 Å². The Hall–Kier alpha value is -2.26. The van der Waals surface area contributed by atoms with Crippen LogP contribution < -0.4 is 4.74 Å². The summed E-state index contributed by atoms with van der Waals surface area (Å²) in [6.45, 7) is 4.25. The smallest absolute Gasteiger partial charge is 0.410 e. The Labute approximate surface area is 122 Å². The lowest BCUT2D eigenvalue weighted by atomic mass is 9.85. The molecule has 0 bridgehead atoms. The van der Waals surface area contributed by atoms with Crippen LogP contribution in [-0.4, -0.2) is 41.0 Å². The van der Waals surface area contributed by atoms with Crippen molar-refractivity contribution in [2.24, 2.45) is 0 Å². The highest BCUT2D eigenvalue weighted by Crippen LogP contribution is 2.43. The fourth-order valence-corrected chi connectivity index (χ4v) is 2.83. The number of fused-ring (bicyclic) bond motifs is 1. The normalized spacial score (nSPS) is 26.6.